The van der Waals surface area contributed by atoms with Crippen LogP contribution >= 0.6 is 0 Å². The predicted octanol–water partition coefficient (Wildman–Crippen LogP) is 1.47. The number of hydrogen-bond donors (Lipinski definition) is 1. The Hall–Kier alpha value is -1.41. The van der Waals surface area contributed by atoms with E-state index in [1.165, 1.54) is 6.07 Å². The van der Waals surface area contributed by atoms with Gasteiger partial charge in [0.2, 0.25) is 5.88 Å². The Bertz CT molecular complexity index is 411. The third kappa shape index (κ3) is 4.32. The number of morpholine rings is 1. The Labute approximate surface area is 108 Å². The molecule has 2 rings (SSSR count). The summed E-state index contributed by atoms with van der Waals surface area (Å²) in [6.07, 6.45) is -4.38. The van der Waals surface area contributed by atoms with E-state index in [0.717, 1.165) is 0 Å². The second-order valence-corrected chi connectivity index (χ2v) is 4.36. The highest BCUT2D eigenvalue weighted by molar-refractivity contribution is 5.15. The molecular weight excluding hydrogens is 263 g/mol. The Morgan fingerprint density at radius 2 is 2.16 bits per heavy atom. The summed E-state index contributed by atoms with van der Waals surface area (Å²) in [4.78, 5) is 0. The van der Waals surface area contributed by atoms with E-state index >= 15 is 0 Å². The number of nitrogens with zero attached hydrogens (tertiary/aromatic N) is 2. The van der Waals surface area contributed by atoms with Gasteiger partial charge in [0, 0.05) is 12.1 Å². The average Bonchev–Trinajstić information content (AvgIpc) is 2.36. The summed E-state index contributed by atoms with van der Waals surface area (Å²) in [5.41, 5.74) is 0.617. The van der Waals surface area contributed by atoms with Gasteiger partial charge in [0.1, 0.15) is 0 Å². The van der Waals surface area contributed by atoms with Crippen molar-refractivity contribution in [2.75, 3.05) is 19.8 Å². The van der Waals surface area contributed by atoms with Crippen molar-refractivity contribution in [1.29, 1.82) is 0 Å². The van der Waals surface area contributed by atoms with Gasteiger partial charge in [-0.1, -0.05) is 0 Å². The van der Waals surface area contributed by atoms with Crippen molar-refractivity contribution >= 4 is 0 Å². The Morgan fingerprint density at radius 3 is 2.74 bits per heavy atom. The molecule has 0 saturated carbocycles. The molecule has 0 unspecified atom stereocenters. The lowest BCUT2D eigenvalue weighted by Crippen LogP contribution is -2.42. The molecule has 1 aromatic rings. The van der Waals surface area contributed by atoms with Crippen molar-refractivity contribution in [1.82, 2.24) is 15.5 Å². The molecule has 0 radical (unpaired) electrons. The first-order valence-electron chi connectivity index (χ1n) is 5.81. The van der Waals surface area contributed by atoms with Crippen LogP contribution in [-0.4, -0.2) is 42.2 Å². The van der Waals surface area contributed by atoms with Gasteiger partial charge in [-0.25, -0.2) is 0 Å². The fraction of sp³-hybridized carbons (Fsp3) is 0.636. The number of halogens is 3. The summed E-state index contributed by atoms with van der Waals surface area (Å²) in [5.74, 6) is -0.147. The quantitative estimate of drug-likeness (QED) is 0.906. The molecule has 1 aromatic heterocycles. The first-order chi connectivity index (χ1) is 8.94. The molecule has 1 fully saturated rings. The van der Waals surface area contributed by atoms with Crippen molar-refractivity contribution < 1.29 is 22.6 Å². The fourth-order valence-corrected chi connectivity index (χ4v) is 1.72. The van der Waals surface area contributed by atoms with Crippen LogP contribution in [0, 0.1) is 0 Å². The zero-order chi connectivity index (χ0) is 13.9. The van der Waals surface area contributed by atoms with Crippen molar-refractivity contribution in [3.63, 3.8) is 0 Å². The molecule has 2 atom stereocenters. The molecular formula is C11H14F3N3O2. The molecule has 1 aliphatic rings. The summed E-state index contributed by atoms with van der Waals surface area (Å²) in [5, 5.41) is 10.7. The molecule has 106 valence electrons. The van der Waals surface area contributed by atoms with Crippen molar-refractivity contribution in [3.05, 3.63) is 17.8 Å². The Kier molecular flexibility index (Phi) is 4.20. The molecule has 0 amide bonds. The molecule has 0 aliphatic carbocycles. The second kappa shape index (κ2) is 5.70. The first-order valence-corrected chi connectivity index (χ1v) is 5.81. The minimum atomic E-state index is -4.38. The van der Waals surface area contributed by atoms with Gasteiger partial charge in [0.25, 0.3) is 0 Å². The standard InChI is InChI=1S/C11H14F3N3O2/c1-7-4-18-5-9(15-7)8-2-3-10(17-16-8)19-6-11(12,13)14/h2-3,7,9,15H,4-6H2,1H3/t7-,9-/m0/s1. The van der Waals surface area contributed by atoms with Gasteiger partial charge < -0.3 is 14.8 Å². The molecule has 19 heavy (non-hydrogen) atoms. The highest BCUT2D eigenvalue weighted by Gasteiger charge is 2.29. The van der Waals surface area contributed by atoms with Crippen LogP contribution in [0.4, 0.5) is 13.2 Å². The summed E-state index contributed by atoms with van der Waals surface area (Å²) in [6.45, 7) is 1.68. The zero-order valence-corrected chi connectivity index (χ0v) is 10.3. The van der Waals surface area contributed by atoms with Crippen LogP contribution in [0.25, 0.3) is 0 Å². The molecule has 1 N–H and O–H groups in total. The van der Waals surface area contributed by atoms with E-state index in [2.05, 4.69) is 20.3 Å². The zero-order valence-electron chi connectivity index (χ0n) is 10.3. The molecule has 8 heteroatoms. The topological polar surface area (TPSA) is 56.3 Å². The molecule has 5 nitrogen and oxygen atoms in total. The van der Waals surface area contributed by atoms with Crippen LogP contribution < -0.4 is 10.1 Å². The first kappa shape index (κ1) is 14.0. The molecule has 0 spiro atoms. The van der Waals surface area contributed by atoms with E-state index < -0.39 is 12.8 Å². The molecule has 2 heterocycles. The van der Waals surface area contributed by atoms with Crippen LogP contribution in [0.2, 0.25) is 0 Å². The van der Waals surface area contributed by atoms with Gasteiger partial charge >= 0.3 is 6.18 Å². The van der Waals surface area contributed by atoms with Crippen molar-refractivity contribution in [2.45, 2.75) is 25.2 Å². The van der Waals surface area contributed by atoms with Crippen molar-refractivity contribution in [2.24, 2.45) is 0 Å². The van der Waals surface area contributed by atoms with Gasteiger partial charge in [-0.15, -0.1) is 5.10 Å². The average molecular weight is 277 g/mol. The van der Waals surface area contributed by atoms with Crippen LogP contribution in [0.3, 0.4) is 0 Å². The number of aromatic nitrogens is 2. The highest BCUT2D eigenvalue weighted by atomic mass is 19.4. The van der Waals surface area contributed by atoms with Gasteiger partial charge in [0.05, 0.1) is 24.9 Å². The monoisotopic (exact) mass is 277 g/mol. The maximum atomic E-state index is 12.0. The van der Waals surface area contributed by atoms with Crippen LogP contribution in [-0.2, 0) is 4.74 Å². The molecule has 0 bridgehead atoms. The predicted molar refractivity (Wildman–Crippen MR) is 59.7 cm³/mol. The van der Waals surface area contributed by atoms with Crippen LogP contribution in [0.15, 0.2) is 12.1 Å². The summed E-state index contributed by atoms with van der Waals surface area (Å²) in [7, 11) is 0. The normalized spacial score (nSPS) is 24.2. The van der Waals surface area contributed by atoms with Gasteiger partial charge in [-0.05, 0) is 13.0 Å². The minimum Gasteiger partial charge on any atom is -0.467 e. The van der Waals surface area contributed by atoms with E-state index in [-0.39, 0.29) is 18.0 Å². The third-order valence-electron chi connectivity index (χ3n) is 2.54. The van der Waals surface area contributed by atoms with E-state index in [1.54, 1.807) is 6.07 Å². The SMILES string of the molecule is C[C@H]1COC[C@@H](c2ccc(OCC(F)(F)F)nn2)N1. The Morgan fingerprint density at radius 1 is 1.37 bits per heavy atom. The number of ether oxygens (including phenoxy) is 2. The van der Waals surface area contributed by atoms with E-state index in [0.29, 0.717) is 18.9 Å². The number of rotatable bonds is 3. The molecule has 0 aromatic carbocycles. The summed E-state index contributed by atoms with van der Waals surface area (Å²) < 4.78 is 45.7. The molecule has 1 saturated heterocycles. The minimum absolute atomic E-state index is 0.104. The van der Waals surface area contributed by atoms with Gasteiger partial charge in [0.15, 0.2) is 6.61 Å². The number of nitrogens with one attached hydrogen (secondary N) is 1. The van der Waals surface area contributed by atoms with Crippen LogP contribution in [0.5, 0.6) is 5.88 Å². The maximum absolute atomic E-state index is 12.0. The Balaban J connectivity index is 1.94. The van der Waals surface area contributed by atoms with Gasteiger partial charge in [-0.3, -0.25) is 0 Å². The lowest BCUT2D eigenvalue weighted by atomic mass is 10.1. The fourth-order valence-electron chi connectivity index (χ4n) is 1.72. The highest BCUT2D eigenvalue weighted by Crippen LogP contribution is 2.19. The smallest absolute Gasteiger partial charge is 0.422 e. The number of alkyl halides is 3. The third-order valence-corrected chi connectivity index (χ3v) is 2.54. The van der Waals surface area contributed by atoms with E-state index in [1.807, 2.05) is 6.92 Å². The molecule has 1 aliphatic heterocycles. The van der Waals surface area contributed by atoms with E-state index in [4.69, 9.17) is 4.74 Å². The maximum Gasteiger partial charge on any atom is 0.422 e. The summed E-state index contributed by atoms with van der Waals surface area (Å²) in [6, 6.07) is 3.04. The number of hydrogen-bond acceptors (Lipinski definition) is 5. The van der Waals surface area contributed by atoms with Crippen molar-refractivity contribution in [3.8, 4) is 5.88 Å². The second-order valence-electron chi connectivity index (χ2n) is 4.36. The van der Waals surface area contributed by atoms with Crippen LogP contribution in [0.1, 0.15) is 18.7 Å². The summed E-state index contributed by atoms with van der Waals surface area (Å²) >= 11 is 0. The lowest BCUT2D eigenvalue weighted by Gasteiger charge is -2.28. The largest absolute Gasteiger partial charge is 0.467 e. The van der Waals surface area contributed by atoms with E-state index in [9.17, 15) is 13.2 Å². The van der Waals surface area contributed by atoms with Gasteiger partial charge in [-0.2, -0.15) is 18.3 Å². The lowest BCUT2D eigenvalue weighted by molar-refractivity contribution is -0.154.